The molecule has 0 saturated heterocycles. The van der Waals surface area contributed by atoms with E-state index in [-0.39, 0.29) is 0 Å². The van der Waals surface area contributed by atoms with Gasteiger partial charge in [-0.1, -0.05) is 38.2 Å². The number of allylic oxidation sites excluding steroid dienone is 3. The number of rotatable bonds is 1. The molecule has 0 aromatic rings. The van der Waals surface area contributed by atoms with Crippen LogP contribution in [0.4, 0.5) is 0 Å². The molecule has 0 aromatic heterocycles. The zero-order valence-corrected chi connectivity index (χ0v) is 5.57. The van der Waals surface area contributed by atoms with Gasteiger partial charge in [-0.15, -0.1) is 0 Å². The van der Waals surface area contributed by atoms with E-state index < -0.39 is 0 Å². The minimum absolute atomic E-state index is 0.462. The summed E-state index contributed by atoms with van der Waals surface area (Å²) in [5, 5.41) is 0. The van der Waals surface area contributed by atoms with Crippen molar-refractivity contribution in [2.75, 3.05) is 0 Å². The van der Waals surface area contributed by atoms with Gasteiger partial charge in [0.15, 0.2) is 0 Å². The fourth-order valence-electron chi connectivity index (χ4n) is 1.13. The molecule has 0 heterocycles. The molecular weight excluding hydrogens is 96.1 g/mol. The minimum atomic E-state index is 0.462. The van der Waals surface area contributed by atoms with Crippen LogP contribution in [0.2, 0.25) is 0 Å². The Hall–Kier alpha value is -0.520. The van der Waals surface area contributed by atoms with Crippen LogP contribution in [0.5, 0.6) is 0 Å². The molecule has 0 atom stereocenters. The van der Waals surface area contributed by atoms with E-state index in [1.807, 2.05) is 6.08 Å². The first-order chi connectivity index (χ1) is 3.64. The summed E-state index contributed by atoms with van der Waals surface area (Å²) in [7, 11) is 0. The van der Waals surface area contributed by atoms with Gasteiger partial charge >= 0.3 is 0 Å². The van der Waals surface area contributed by atoms with E-state index in [2.05, 4.69) is 26.5 Å². The van der Waals surface area contributed by atoms with Crippen LogP contribution in [-0.2, 0) is 0 Å². The van der Waals surface area contributed by atoms with Crippen LogP contribution in [0.25, 0.3) is 0 Å². The molecule has 0 nitrogen and oxygen atoms in total. The molecule has 1 aliphatic rings. The van der Waals surface area contributed by atoms with Gasteiger partial charge in [0.05, 0.1) is 0 Å². The molecular formula is C8H12. The molecule has 1 rings (SSSR count). The lowest BCUT2D eigenvalue weighted by molar-refractivity contribution is 0.427. The van der Waals surface area contributed by atoms with E-state index >= 15 is 0 Å². The van der Waals surface area contributed by atoms with Gasteiger partial charge in [-0.3, -0.25) is 0 Å². The van der Waals surface area contributed by atoms with Crippen LogP contribution in [0.1, 0.15) is 20.3 Å². The first-order valence-corrected chi connectivity index (χ1v) is 2.98. The Morgan fingerprint density at radius 1 is 1.75 bits per heavy atom. The normalized spacial score (nSPS) is 23.5. The van der Waals surface area contributed by atoms with Gasteiger partial charge in [-0.25, -0.2) is 0 Å². The second-order valence-corrected chi connectivity index (χ2v) is 3.09. The highest BCUT2D eigenvalue weighted by molar-refractivity contribution is 5.29. The molecule has 0 fully saturated rings. The third kappa shape index (κ3) is 0.835. The van der Waals surface area contributed by atoms with Crippen molar-refractivity contribution >= 4 is 0 Å². The highest BCUT2D eigenvalue weighted by Gasteiger charge is 2.24. The highest BCUT2D eigenvalue weighted by atomic mass is 14.3. The van der Waals surface area contributed by atoms with Gasteiger partial charge in [0.2, 0.25) is 0 Å². The second kappa shape index (κ2) is 1.48. The zero-order chi connectivity index (χ0) is 6.20. The van der Waals surface area contributed by atoms with Gasteiger partial charge < -0.3 is 0 Å². The molecule has 0 aliphatic heterocycles. The van der Waals surface area contributed by atoms with E-state index in [1.54, 1.807) is 0 Å². The lowest BCUT2D eigenvalue weighted by Gasteiger charge is -2.30. The van der Waals surface area contributed by atoms with Crippen LogP contribution in [0, 0.1) is 5.41 Å². The van der Waals surface area contributed by atoms with Crippen LogP contribution in [0.15, 0.2) is 24.3 Å². The summed E-state index contributed by atoms with van der Waals surface area (Å²) in [5.74, 6) is 0. The van der Waals surface area contributed by atoms with Crippen LogP contribution in [-0.4, -0.2) is 0 Å². The monoisotopic (exact) mass is 108 g/mol. The predicted octanol–water partition coefficient (Wildman–Crippen LogP) is 2.53. The van der Waals surface area contributed by atoms with Crippen LogP contribution >= 0.6 is 0 Å². The molecule has 0 aromatic carbocycles. The van der Waals surface area contributed by atoms with Gasteiger partial charge in [-0.05, 0) is 11.8 Å². The Bertz CT molecular complexity index is 138. The zero-order valence-electron chi connectivity index (χ0n) is 5.57. The molecule has 0 saturated carbocycles. The van der Waals surface area contributed by atoms with Crippen molar-refractivity contribution < 1.29 is 0 Å². The molecule has 0 heteroatoms. The Morgan fingerprint density at radius 2 is 2.25 bits per heavy atom. The lowest BCUT2D eigenvalue weighted by Crippen LogP contribution is -2.17. The standard InChI is InChI=1S/C8H12/c1-4-7-5-8(2,3)6-7/h4-5H,1,6H2,2-3H3. The van der Waals surface area contributed by atoms with E-state index in [0.717, 1.165) is 0 Å². The van der Waals surface area contributed by atoms with Crippen molar-refractivity contribution in [3.05, 3.63) is 24.3 Å². The average Bonchev–Trinajstić information content (AvgIpc) is 1.60. The quantitative estimate of drug-likeness (QED) is 0.484. The second-order valence-electron chi connectivity index (χ2n) is 3.09. The van der Waals surface area contributed by atoms with Crippen molar-refractivity contribution in [1.29, 1.82) is 0 Å². The molecule has 1 aliphatic carbocycles. The largest absolute Gasteiger partial charge is 0.0988 e. The Morgan fingerprint density at radius 3 is 2.38 bits per heavy atom. The molecule has 0 spiro atoms. The SMILES string of the molecule is C=CC1=CC(C)(C)C1. The Kier molecular flexibility index (Phi) is 1.04. The molecule has 0 unspecified atom stereocenters. The molecule has 44 valence electrons. The average molecular weight is 108 g/mol. The summed E-state index contributed by atoms with van der Waals surface area (Å²) in [6.45, 7) is 8.15. The molecule has 0 radical (unpaired) electrons. The first kappa shape index (κ1) is 5.61. The van der Waals surface area contributed by atoms with Crippen molar-refractivity contribution in [3.8, 4) is 0 Å². The number of hydrogen-bond acceptors (Lipinski definition) is 0. The molecule has 0 N–H and O–H groups in total. The summed E-state index contributed by atoms with van der Waals surface area (Å²) in [6, 6.07) is 0. The topological polar surface area (TPSA) is 0 Å². The van der Waals surface area contributed by atoms with E-state index in [0.29, 0.717) is 5.41 Å². The highest BCUT2D eigenvalue weighted by Crippen LogP contribution is 2.37. The maximum atomic E-state index is 3.68. The first-order valence-electron chi connectivity index (χ1n) is 2.98. The maximum Gasteiger partial charge on any atom is -0.0129 e. The van der Waals surface area contributed by atoms with Crippen molar-refractivity contribution in [2.24, 2.45) is 5.41 Å². The van der Waals surface area contributed by atoms with E-state index in [4.69, 9.17) is 0 Å². The number of hydrogen-bond donors (Lipinski definition) is 0. The fourth-order valence-corrected chi connectivity index (χ4v) is 1.13. The Balaban J connectivity index is 2.62. The van der Waals surface area contributed by atoms with Gasteiger partial charge in [0.1, 0.15) is 0 Å². The summed E-state index contributed by atoms with van der Waals surface area (Å²) in [6.07, 6.45) is 5.40. The van der Waals surface area contributed by atoms with Gasteiger partial charge in [0, 0.05) is 0 Å². The fraction of sp³-hybridized carbons (Fsp3) is 0.500. The van der Waals surface area contributed by atoms with Crippen molar-refractivity contribution in [3.63, 3.8) is 0 Å². The van der Waals surface area contributed by atoms with E-state index in [9.17, 15) is 0 Å². The van der Waals surface area contributed by atoms with Crippen LogP contribution in [0.3, 0.4) is 0 Å². The summed E-state index contributed by atoms with van der Waals surface area (Å²) in [4.78, 5) is 0. The smallest absolute Gasteiger partial charge is 0.0129 e. The van der Waals surface area contributed by atoms with Gasteiger partial charge in [0.25, 0.3) is 0 Å². The maximum absolute atomic E-state index is 3.68. The lowest BCUT2D eigenvalue weighted by atomic mass is 9.74. The van der Waals surface area contributed by atoms with E-state index in [1.165, 1.54) is 12.0 Å². The predicted molar refractivity (Wildman–Crippen MR) is 36.7 cm³/mol. The minimum Gasteiger partial charge on any atom is -0.0988 e. The summed E-state index contributed by atoms with van der Waals surface area (Å²) >= 11 is 0. The summed E-state index contributed by atoms with van der Waals surface area (Å²) < 4.78 is 0. The third-order valence-corrected chi connectivity index (χ3v) is 1.50. The van der Waals surface area contributed by atoms with Crippen molar-refractivity contribution in [2.45, 2.75) is 20.3 Å². The molecule has 0 bridgehead atoms. The van der Waals surface area contributed by atoms with Gasteiger partial charge in [-0.2, -0.15) is 0 Å². The summed E-state index contributed by atoms with van der Waals surface area (Å²) in [5.41, 5.74) is 1.86. The third-order valence-electron chi connectivity index (χ3n) is 1.50. The Labute approximate surface area is 50.9 Å². The van der Waals surface area contributed by atoms with Crippen LogP contribution < -0.4 is 0 Å². The molecule has 8 heavy (non-hydrogen) atoms. The molecule has 0 amide bonds. The van der Waals surface area contributed by atoms with Crippen molar-refractivity contribution in [1.82, 2.24) is 0 Å².